The van der Waals surface area contributed by atoms with Crippen LogP contribution in [0.1, 0.15) is 24.0 Å². The van der Waals surface area contributed by atoms with E-state index in [1.165, 1.54) is 11.1 Å². The first-order valence-corrected chi connectivity index (χ1v) is 15.7. The highest BCUT2D eigenvalue weighted by atomic mass is 28.4. The first-order chi connectivity index (χ1) is 16.9. The van der Waals surface area contributed by atoms with Crippen LogP contribution in [-0.2, 0) is 49.1 Å². The van der Waals surface area contributed by atoms with Crippen molar-refractivity contribution in [2.45, 2.75) is 37.9 Å². The number of hydrogen-bond acceptors (Lipinski definition) is 10. The number of esters is 1. The maximum atomic E-state index is 11.9. The number of ether oxygens (including phenoxy) is 1. The van der Waals surface area contributed by atoms with Gasteiger partial charge in [-0.05, 0) is 24.0 Å². The zero-order valence-electron chi connectivity index (χ0n) is 22.1. The zero-order chi connectivity index (χ0) is 26.0. The van der Waals surface area contributed by atoms with Crippen LogP contribution in [0.15, 0.2) is 24.3 Å². The van der Waals surface area contributed by atoms with E-state index >= 15 is 0 Å². The summed E-state index contributed by atoms with van der Waals surface area (Å²) < 4.78 is 37.7. The van der Waals surface area contributed by atoms with Crippen molar-refractivity contribution in [3.8, 4) is 0 Å². The molecule has 202 valence electrons. The third kappa shape index (κ3) is 12.1. The van der Waals surface area contributed by atoms with Gasteiger partial charge in [0.2, 0.25) is 0 Å². The van der Waals surface area contributed by atoms with E-state index < -0.39 is 17.6 Å². The molecule has 0 saturated heterocycles. The van der Waals surface area contributed by atoms with Gasteiger partial charge in [-0.1, -0.05) is 24.3 Å². The molecule has 12 heteroatoms. The Bertz CT molecular complexity index is 672. The van der Waals surface area contributed by atoms with Gasteiger partial charge in [-0.25, -0.2) is 0 Å². The number of carbonyl (C=O) groups is 1. The second-order valence-electron chi connectivity index (χ2n) is 7.91. The zero-order valence-corrected chi connectivity index (χ0v) is 24.1. The van der Waals surface area contributed by atoms with Gasteiger partial charge in [0.05, 0.1) is 13.0 Å². The molecule has 0 aliphatic rings. The van der Waals surface area contributed by atoms with Crippen LogP contribution in [0, 0.1) is 0 Å². The Morgan fingerprint density at radius 1 is 0.714 bits per heavy atom. The predicted octanol–water partition coefficient (Wildman–Crippen LogP) is 1.99. The minimum absolute atomic E-state index is 0.216. The highest BCUT2D eigenvalue weighted by Crippen LogP contribution is 2.17. The number of benzene rings is 1. The molecule has 1 aromatic rings. The molecule has 1 rings (SSSR count). The maximum absolute atomic E-state index is 11.9. The number of carbonyl (C=O) groups excluding carboxylic acids is 1. The molecule has 2 N–H and O–H groups in total. The van der Waals surface area contributed by atoms with Crippen LogP contribution in [0.25, 0.3) is 0 Å². The lowest BCUT2D eigenvalue weighted by Gasteiger charge is -2.24. The Labute approximate surface area is 212 Å². The van der Waals surface area contributed by atoms with Crippen LogP contribution in [0.4, 0.5) is 0 Å². The molecule has 0 heterocycles. The van der Waals surface area contributed by atoms with Gasteiger partial charge in [0.15, 0.2) is 0 Å². The van der Waals surface area contributed by atoms with E-state index in [4.69, 9.17) is 31.3 Å². The maximum Gasteiger partial charge on any atom is 0.500 e. The monoisotopic (exact) mass is 532 g/mol. The molecule has 1 aromatic carbocycles. The van der Waals surface area contributed by atoms with E-state index in [0.717, 1.165) is 32.1 Å². The third-order valence-electron chi connectivity index (χ3n) is 5.81. The summed E-state index contributed by atoms with van der Waals surface area (Å²) in [5.74, 6) is -0.216. The summed E-state index contributed by atoms with van der Waals surface area (Å²) in [7, 11) is 4.48. The van der Waals surface area contributed by atoms with Gasteiger partial charge in [-0.15, -0.1) is 0 Å². The van der Waals surface area contributed by atoms with Crippen LogP contribution in [0.2, 0.25) is 12.1 Å². The topological polar surface area (TPSA) is 106 Å². The molecule has 0 unspecified atom stereocenters. The molecule has 0 aliphatic carbocycles. The summed E-state index contributed by atoms with van der Waals surface area (Å²) in [6, 6.07) is 9.85. The smallest absolute Gasteiger partial charge is 0.466 e. The van der Waals surface area contributed by atoms with E-state index in [2.05, 4.69) is 34.9 Å². The molecule has 0 aliphatic heterocycles. The van der Waals surface area contributed by atoms with Gasteiger partial charge in [-0.2, -0.15) is 0 Å². The molecule has 0 spiro atoms. The van der Waals surface area contributed by atoms with Crippen molar-refractivity contribution < 1.29 is 36.1 Å². The molecule has 0 amide bonds. The van der Waals surface area contributed by atoms with E-state index in [0.29, 0.717) is 32.0 Å². The van der Waals surface area contributed by atoms with Crippen LogP contribution >= 0.6 is 0 Å². The van der Waals surface area contributed by atoms with Crippen LogP contribution in [-0.4, -0.2) is 92.5 Å². The predicted molar refractivity (Wildman–Crippen MR) is 138 cm³/mol. The van der Waals surface area contributed by atoms with E-state index in [-0.39, 0.29) is 5.97 Å². The van der Waals surface area contributed by atoms with Crippen LogP contribution < -0.4 is 10.6 Å². The summed E-state index contributed by atoms with van der Waals surface area (Å²) in [4.78, 5) is 11.9. The molecule has 10 nitrogen and oxygen atoms in total. The first kappa shape index (κ1) is 31.8. The Morgan fingerprint density at radius 2 is 1.23 bits per heavy atom. The fraction of sp³-hybridized carbons (Fsp3) is 0.696. The average molecular weight is 533 g/mol. The quantitative estimate of drug-likeness (QED) is 0.139. The molecule has 35 heavy (non-hydrogen) atoms. The summed E-state index contributed by atoms with van der Waals surface area (Å²) in [5.41, 5.74) is 2.44. The van der Waals surface area contributed by atoms with Gasteiger partial charge < -0.3 is 41.9 Å². The number of aryl methyl sites for hydroxylation is 1. The highest BCUT2D eigenvalue weighted by molar-refractivity contribution is 6.60. The Hall–Kier alpha value is -1.20. The van der Waals surface area contributed by atoms with Gasteiger partial charge >= 0.3 is 23.6 Å². The molecule has 0 radical (unpaired) electrons. The summed E-state index contributed by atoms with van der Waals surface area (Å²) in [6.45, 7) is 3.27. The van der Waals surface area contributed by atoms with Crippen molar-refractivity contribution in [1.82, 2.24) is 10.6 Å². The Kier molecular flexibility index (Phi) is 16.5. The minimum atomic E-state index is -2.60. The third-order valence-corrected chi connectivity index (χ3v) is 11.4. The molecule has 0 bridgehead atoms. The molecular formula is C23H44N2O8Si2. The lowest BCUT2D eigenvalue weighted by atomic mass is 10.1. The van der Waals surface area contributed by atoms with Crippen LogP contribution in [0.3, 0.4) is 0 Å². The summed E-state index contributed by atoms with van der Waals surface area (Å²) in [6.07, 6.45) is 1.82. The van der Waals surface area contributed by atoms with Crippen molar-refractivity contribution >= 4 is 23.6 Å². The minimum Gasteiger partial charge on any atom is -0.466 e. The van der Waals surface area contributed by atoms with E-state index in [1.54, 1.807) is 42.7 Å². The first-order valence-electron chi connectivity index (χ1n) is 11.9. The molecule has 0 aromatic heterocycles. The Morgan fingerprint density at radius 3 is 1.80 bits per heavy atom. The van der Waals surface area contributed by atoms with Gasteiger partial charge in [0.1, 0.15) is 0 Å². The second kappa shape index (κ2) is 18.1. The van der Waals surface area contributed by atoms with E-state index in [9.17, 15) is 4.79 Å². The number of nitrogens with one attached hydrogen (secondary N) is 2. The lowest BCUT2D eigenvalue weighted by Crippen LogP contribution is -2.43. The molecule has 0 saturated carbocycles. The van der Waals surface area contributed by atoms with Crippen molar-refractivity contribution in [1.29, 1.82) is 0 Å². The lowest BCUT2D eigenvalue weighted by molar-refractivity contribution is -0.143. The second-order valence-corrected chi connectivity index (χ2v) is 14.1. The van der Waals surface area contributed by atoms with Crippen molar-refractivity contribution in [2.24, 2.45) is 0 Å². The molecule has 0 fully saturated rings. The Balaban J connectivity index is 2.11. The fourth-order valence-electron chi connectivity index (χ4n) is 3.51. The van der Waals surface area contributed by atoms with Gasteiger partial charge in [-0.3, -0.25) is 4.79 Å². The SMILES string of the molecule is CO[Si](CCCOC(=O)CCNCCNCc1ccc(CC[Si](OC)(OC)OC)cc1)(OC)OC. The molecule has 0 atom stereocenters. The average Bonchev–Trinajstić information content (AvgIpc) is 2.90. The van der Waals surface area contributed by atoms with Crippen molar-refractivity contribution in [3.05, 3.63) is 35.4 Å². The van der Waals surface area contributed by atoms with E-state index in [1.807, 2.05) is 0 Å². The van der Waals surface area contributed by atoms with Crippen molar-refractivity contribution in [3.63, 3.8) is 0 Å². The fourth-order valence-corrected chi connectivity index (χ4v) is 6.90. The van der Waals surface area contributed by atoms with Crippen molar-refractivity contribution in [2.75, 3.05) is 68.9 Å². The summed E-state index contributed by atoms with van der Waals surface area (Å²) in [5, 5.41) is 6.65. The normalized spacial score (nSPS) is 12.2. The standard InChI is InChI=1S/C23H44N2O8Si2/c1-27-34(28-2,29-3)18-7-17-33-23(26)12-14-24-15-16-25-20-22-10-8-21(9-11-22)13-19-35(30-4,31-5)32-6/h8-11,24-25H,7,12-20H2,1-6H3. The van der Waals surface area contributed by atoms with Gasteiger partial charge in [0, 0.05) is 80.9 Å². The number of rotatable bonds is 21. The molecular weight excluding hydrogens is 488 g/mol. The van der Waals surface area contributed by atoms with Gasteiger partial charge in [0.25, 0.3) is 0 Å². The van der Waals surface area contributed by atoms with Crippen LogP contribution in [0.5, 0.6) is 0 Å². The summed E-state index contributed by atoms with van der Waals surface area (Å²) >= 11 is 0. The highest BCUT2D eigenvalue weighted by Gasteiger charge is 2.37. The number of hydrogen-bond donors (Lipinski definition) is 2. The largest absolute Gasteiger partial charge is 0.500 e.